The van der Waals surface area contributed by atoms with Crippen molar-refractivity contribution < 1.29 is 5.11 Å². The van der Waals surface area contributed by atoms with E-state index in [0.717, 1.165) is 5.56 Å². The molecule has 0 aromatic heterocycles. The lowest BCUT2D eigenvalue weighted by atomic mass is 9.97. The Labute approximate surface area is 77.3 Å². The van der Waals surface area contributed by atoms with Gasteiger partial charge in [-0.15, -0.1) is 0 Å². The summed E-state index contributed by atoms with van der Waals surface area (Å²) in [6, 6.07) is 7.11. The summed E-state index contributed by atoms with van der Waals surface area (Å²) >= 11 is 5.76. The largest absolute Gasteiger partial charge is 0.381 e. The predicted molar refractivity (Wildman–Crippen MR) is 51.2 cm³/mol. The summed E-state index contributed by atoms with van der Waals surface area (Å²) in [5.41, 5.74) is -0.241. The Hall–Kier alpha value is -0.790. The van der Waals surface area contributed by atoms with E-state index in [2.05, 4.69) is 6.58 Å². The quantitative estimate of drug-likeness (QED) is 0.698. The first-order valence-electron chi connectivity index (χ1n) is 3.68. The second-order valence-electron chi connectivity index (χ2n) is 2.86. The van der Waals surface area contributed by atoms with Gasteiger partial charge in [0.15, 0.2) is 0 Å². The van der Waals surface area contributed by atoms with Crippen LogP contribution in [0.25, 0.3) is 0 Å². The van der Waals surface area contributed by atoms with E-state index in [-0.39, 0.29) is 0 Å². The van der Waals surface area contributed by atoms with E-state index >= 15 is 0 Å². The highest BCUT2D eigenvalue weighted by Crippen LogP contribution is 2.23. The third-order valence-corrected chi connectivity index (χ3v) is 2.04. The van der Waals surface area contributed by atoms with Crippen molar-refractivity contribution in [1.82, 2.24) is 0 Å². The summed E-state index contributed by atoms with van der Waals surface area (Å²) in [5, 5.41) is 10.4. The van der Waals surface area contributed by atoms with Crippen LogP contribution in [0.15, 0.2) is 36.9 Å². The highest BCUT2D eigenvalue weighted by Gasteiger charge is 2.17. The molecular formula is C10H11ClO. The van der Waals surface area contributed by atoms with E-state index in [1.54, 1.807) is 25.1 Å². The average molecular weight is 183 g/mol. The van der Waals surface area contributed by atoms with E-state index < -0.39 is 5.60 Å². The Kier molecular flexibility index (Phi) is 2.55. The molecule has 0 aliphatic rings. The topological polar surface area (TPSA) is 20.2 Å². The van der Waals surface area contributed by atoms with Gasteiger partial charge in [-0.25, -0.2) is 0 Å². The summed E-state index contributed by atoms with van der Waals surface area (Å²) in [6.07, 6.45) is 1.48. The monoisotopic (exact) mass is 182 g/mol. The molecule has 1 N–H and O–H groups in total. The maximum atomic E-state index is 9.74. The van der Waals surface area contributed by atoms with Crippen LogP contribution in [0.5, 0.6) is 0 Å². The molecule has 0 heterocycles. The molecule has 0 spiro atoms. The Morgan fingerprint density at radius 3 is 2.75 bits per heavy atom. The minimum atomic E-state index is -0.995. The number of hydrogen-bond donors (Lipinski definition) is 1. The molecule has 1 rings (SSSR count). The summed E-state index contributed by atoms with van der Waals surface area (Å²) in [5.74, 6) is 0. The van der Waals surface area contributed by atoms with E-state index in [1.165, 1.54) is 6.08 Å². The predicted octanol–water partition coefficient (Wildman–Crippen LogP) is 2.73. The van der Waals surface area contributed by atoms with Gasteiger partial charge in [-0.3, -0.25) is 0 Å². The van der Waals surface area contributed by atoms with Crippen molar-refractivity contribution in [1.29, 1.82) is 0 Å². The van der Waals surface area contributed by atoms with Gasteiger partial charge in [-0.1, -0.05) is 36.4 Å². The van der Waals surface area contributed by atoms with Crippen LogP contribution in [0.2, 0.25) is 5.02 Å². The van der Waals surface area contributed by atoms with Crippen molar-refractivity contribution in [2.75, 3.05) is 0 Å². The van der Waals surface area contributed by atoms with Gasteiger partial charge < -0.3 is 5.11 Å². The lowest BCUT2D eigenvalue weighted by Crippen LogP contribution is -2.16. The van der Waals surface area contributed by atoms with Crippen molar-refractivity contribution in [2.24, 2.45) is 0 Å². The number of rotatable bonds is 2. The van der Waals surface area contributed by atoms with Crippen LogP contribution in [-0.2, 0) is 5.60 Å². The molecule has 1 aromatic rings. The van der Waals surface area contributed by atoms with Crippen molar-refractivity contribution in [3.8, 4) is 0 Å². The number of benzene rings is 1. The number of aliphatic hydroxyl groups is 1. The first kappa shape index (κ1) is 9.30. The van der Waals surface area contributed by atoms with Crippen LogP contribution in [-0.4, -0.2) is 5.11 Å². The van der Waals surface area contributed by atoms with E-state index in [1.807, 2.05) is 6.07 Å². The van der Waals surface area contributed by atoms with Gasteiger partial charge in [-0.05, 0) is 24.6 Å². The molecule has 0 bridgehead atoms. The Balaban J connectivity index is 3.11. The minimum absolute atomic E-state index is 0.620. The fourth-order valence-corrected chi connectivity index (χ4v) is 1.11. The maximum absolute atomic E-state index is 9.74. The smallest absolute Gasteiger partial charge is 0.105 e. The highest BCUT2D eigenvalue weighted by molar-refractivity contribution is 6.30. The molecule has 0 radical (unpaired) electrons. The molecular weight excluding hydrogens is 172 g/mol. The summed E-state index contributed by atoms with van der Waals surface area (Å²) in [6.45, 7) is 5.22. The molecule has 12 heavy (non-hydrogen) atoms. The Morgan fingerprint density at radius 1 is 1.58 bits per heavy atom. The molecule has 0 saturated carbocycles. The summed E-state index contributed by atoms with van der Waals surface area (Å²) in [7, 11) is 0. The van der Waals surface area contributed by atoms with Gasteiger partial charge in [0.1, 0.15) is 5.60 Å². The van der Waals surface area contributed by atoms with E-state index in [9.17, 15) is 5.11 Å². The van der Waals surface area contributed by atoms with Crippen molar-refractivity contribution >= 4 is 11.6 Å². The van der Waals surface area contributed by atoms with Crippen molar-refractivity contribution in [3.05, 3.63) is 47.5 Å². The second kappa shape index (κ2) is 3.30. The maximum Gasteiger partial charge on any atom is 0.105 e. The van der Waals surface area contributed by atoms with Crippen LogP contribution in [0.3, 0.4) is 0 Å². The molecule has 2 heteroatoms. The minimum Gasteiger partial charge on any atom is -0.381 e. The highest BCUT2D eigenvalue weighted by atomic mass is 35.5. The normalized spacial score (nSPS) is 15.2. The second-order valence-corrected chi connectivity index (χ2v) is 3.30. The fourth-order valence-electron chi connectivity index (χ4n) is 0.921. The third kappa shape index (κ3) is 1.87. The van der Waals surface area contributed by atoms with Gasteiger partial charge in [0.05, 0.1) is 0 Å². The molecule has 0 fully saturated rings. The van der Waals surface area contributed by atoms with Gasteiger partial charge in [0.25, 0.3) is 0 Å². The molecule has 1 nitrogen and oxygen atoms in total. The van der Waals surface area contributed by atoms with Crippen LogP contribution in [0.4, 0.5) is 0 Å². The number of hydrogen-bond acceptors (Lipinski definition) is 1. The van der Waals surface area contributed by atoms with Crippen LogP contribution >= 0.6 is 11.6 Å². The fraction of sp³-hybridized carbons (Fsp3) is 0.200. The first-order valence-corrected chi connectivity index (χ1v) is 4.06. The summed E-state index contributed by atoms with van der Waals surface area (Å²) in [4.78, 5) is 0. The lowest BCUT2D eigenvalue weighted by molar-refractivity contribution is 0.111. The van der Waals surface area contributed by atoms with Crippen LogP contribution in [0.1, 0.15) is 12.5 Å². The molecule has 64 valence electrons. The Morgan fingerprint density at radius 2 is 2.25 bits per heavy atom. The Bertz CT molecular complexity index is 292. The molecule has 1 atom stereocenters. The zero-order valence-electron chi connectivity index (χ0n) is 6.92. The van der Waals surface area contributed by atoms with Crippen LogP contribution < -0.4 is 0 Å². The standard InChI is InChI=1S/C10H11ClO/c1-3-10(2,12)8-5-4-6-9(11)7-8/h3-7,12H,1H2,2H3. The molecule has 1 unspecified atom stereocenters. The summed E-state index contributed by atoms with van der Waals surface area (Å²) < 4.78 is 0. The molecule has 1 aromatic carbocycles. The first-order chi connectivity index (χ1) is 5.56. The van der Waals surface area contributed by atoms with Crippen molar-refractivity contribution in [3.63, 3.8) is 0 Å². The van der Waals surface area contributed by atoms with Gasteiger partial charge >= 0.3 is 0 Å². The molecule has 0 aliphatic carbocycles. The van der Waals surface area contributed by atoms with E-state index in [0.29, 0.717) is 5.02 Å². The lowest BCUT2D eigenvalue weighted by Gasteiger charge is -2.18. The van der Waals surface area contributed by atoms with Crippen LogP contribution in [0, 0.1) is 0 Å². The molecule has 0 aliphatic heterocycles. The zero-order chi connectivity index (χ0) is 9.19. The molecule has 0 saturated heterocycles. The van der Waals surface area contributed by atoms with Gasteiger partial charge in [-0.2, -0.15) is 0 Å². The van der Waals surface area contributed by atoms with Gasteiger partial charge in [0.2, 0.25) is 0 Å². The van der Waals surface area contributed by atoms with Crippen molar-refractivity contribution in [2.45, 2.75) is 12.5 Å². The SMILES string of the molecule is C=CC(C)(O)c1cccc(Cl)c1. The molecule has 0 amide bonds. The van der Waals surface area contributed by atoms with E-state index in [4.69, 9.17) is 11.6 Å². The number of halogens is 1. The third-order valence-electron chi connectivity index (χ3n) is 1.81. The average Bonchev–Trinajstić information content (AvgIpc) is 2.05. The van der Waals surface area contributed by atoms with Gasteiger partial charge in [0, 0.05) is 5.02 Å². The zero-order valence-corrected chi connectivity index (χ0v) is 7.67.